The van der Waals surface area contributed by atoms with E-state index in [1.165, 1.54) is 4.88 Å². The molecule has 0 bridgehead atoms. The van der Waals surface area contributed by atoms with E-state index in [1.807, 2.05) is 17.3 Å². The van der Waals surface area contributed by atoms with Crippen molar-refractivity contribution in [1.29, 1.82) is 0 Å². The lowest BCUT2D eigenvalue weighted by atomic mass is 10.2. The van der Waals surface area contributed by atoms with Gasteiger partial charge in [-0.05, 0) is 42.9 Å². The van der Waals surface area contributed by atoms with E-state index in [4.69, 9.17) is 0 Å². The molecule has 0 aliphatic carbocycles. The Morgan fingerprint density at radius 2 is 1.90 bits per heavy atom. The predicted molar refractivity (Wildman–Crippen MR) is 85.3 cm³/mol. The normalized spacial score (nSPS) is 9.67. The first-order valence-electron chi connectivity index (χ1n) is 6.31. The van der Waals surface area contributed by atoms with Gasteiger partial charge in [0, 0.05) is 10.4 Å². The van der Waals surface area contributed by atoms with E-state index < -0.39 is 17.3 Å². The number of hydrogen-bond donors (Lipinski definition) is 0. The zero-order chi connectivity index (χ0) is 15.2. The van der Waals surface area contributed by atoms with Crippen LogP contribution in [0.15, 0.2) is 29.3 Å². The van der Waals surface area contributed by atoms with E-state index >= 15 is 0 Å². The lowest BCUT2D eigenvalue weighted by molar-refractivity contribution is 0.587. The number of halogens is 2. The van der Waals surface area contributed by atoms with E-state index in [1.54, 1.807) is 11.3 Å². The summed E-state index contributed by atoms with van der Waals surface area (Å²) in [6, 6.07) is 6.22. The van der Waals surface area contributed by atoms with Crippen LogP contribution in [-0.2, 0) is 6.42 Å². The van der Waals surface area contributed by atoms with E-state index in [9.17, 15) is 8.78 Å². The highest BCUT2D eigenvalue weighted by Gasteiger charge is 2.09. The quantitative estimate of drug-likeness (QED) is 0.435. The van der Waals surface area contributed by atoms with Crippen molar-refractivity contribution in [2.45, 2.75) is 19.8 Å². The predicted octanol–water partition coefficient (Wildman–Crippen LogP) is 5.11. The maximum Gasteiger partial charge on any atom is 0.153 e. The van der Waals surface area contributed by atoms with Gasteiger partial charge < -0.3 is 0 Å². The number of thiocarbonyl (C=S) groups is 1. The first-order chi connectivity index (χ1) is 10.1. The van der Waals surface area contributed by atoms with E-state index in [0.717, 1.165) is 29.9 Å². The third-order valence-corrected chi connectivity index (χ3v) is 3.81. The van der Waals surface area contributed by atoms with E-state index in [0.29, 0.717) is 0 Å². The number of benzene rings is 1. The minimum atomic E-state index is -0.797. The number of hydrogen-bond acceptors (Lipinski definition) is 3. The maximum absolute atomic E-state index is 13.6. The van der Waals surface area contributed by atoms with Crippen molar-refractivity contribution in [3.8, 4) is 11.8 Å². The molecule has 0 N–H and O–H groups in total. The van der Waals surface area contributed by atoms with Gasteiger partial charge in [-0.2, -0.15) is 4.99 Å². The largest absolute Gasteiger partial charge is 0.204 e. The van der Waals surface area contributed by atoms with Crippen LogP contribution in [-0.4, -0.2) is 5.16 Å². The molecule has 0 radical (unpaired) electrons. The van der Waals surface area contributed by atoms with Crippen LogP contribution in [0.1, 0.15) is 28.7 Å². The fourth-order valence-corrected chi connectivity index (χ4v) is 2.80. The summed E-state index contributed by atoms with van der Waals surface area (Å²) in [6.45, 7) is 2.11. The minimum Gasteiger partial charge on any atom is -0.204 e. The van der Waals surface area contributed by atoms with Gasteiger partial charge in [0.1, 0.15) is 5.69 Å². The zero-order valence-electron chi connectivity index (χ0n) is 11.2. The van der Waals surface area contributed by atoms with Crippen molar-refractivity contribution >= 4 is 34.4 Å². The van der Waals surface area contributed by atoms with Crippen molar-refractivity contribution in [2.24, 2.45) is 4.99 Å². The fourth-order valence-electron chi connectivity index (χ4n) is 1.75. The molecular weight excluding hydrogens is 308 g/mol. The van der Waals surface area contributed by atoms with Crippen molar-refractivity contribution in [3.05, 3.63) is 51.2 Å². The molecule has 1 aromatic heterocycles. The molecule has 0 unspecified atom stereocenters. The molecule has 21 heavy (non-hydrogen) atoms. The third-order valence-electron chi connectivity index (χ3n) is 2.66. The smallest absolute Gasteiger partial charge is 0.153 e. The second-order valence-electron chi connectivity index (χ2n) is 4.26. The first kappa shape index (κ1) is 15.5. The molecule has 0 saturated carbocycles. The highest BCUT2D eigenvalue weighted by Crippen LogP contribution is 2.23. The average Bonchev–Trinajstić information content (AvgIpc) is 2.89. The molecule has 1 nitrogen and oxygen atoms in total. The zero-order valence-corrected chi connectivity index (χ0v) is 12.9. The standard InChI is InChI=1S/C16H11F2NS2/c1-2-3-12-6-7-13(21-12)5-4-11-8-14(17)16(19-10-20)15(18)9-11/h6-9H,2-3H2,1H3. The summed E-state index contributed by atoms with van der Waals surface area (Å²) < 4.78 is 27.3. The number of thiophene rings is 1. The molecule has 2 rings (SSSR count). The number of aliphatic imine (C=N–C) groups is 1. The van der Waals surface area contributed by atoms with Gasteiger partial charge in [-0.15, -0.1) is 11.3 Å². The Morgan fingerprint density at radius 1 is 1.19 bits per heavy atom. The molecule has 0 atom stereocenters. The molecule has 0 spiro atoms. The molecule has 1 aromatic carbocycles. The van der Waals surface area contributed by atoms with E-state index in [-0.39, 0.29) is 5.56 Å². The molecular formula is C16H11F2NS2. The summed E-state index contributed by atoms with van der Waals surface area (Å²) in [5.41, 5.74) is -0.171. The van der Waals surface area contributed by atoms with Crippen molar-refractivity contribution in [3.63, 3.8) is 0 Å². The van der Waals surface area contributed by atoms with Gasteiger partial charge in [0.2, 0.25) is 0 Å². The number of aryl methyl sites for hydroxylation is 1. The second kappa shape index (κ2) is 7.24. The van der Waals surface area contributed by atoms with Crippen molar-refractivity contribution in [1.82, 2.24) is 0 Å². The van der Waals surface area contributed by atoms with Crippen LogP contribution in [0.25, 0.3) is 0 Å². The summed E-state index contributed by atoms with van der Waals surface area (Å²) in [4.78, 5) is 5.49. The Hall–Kier alpha value is -1.86. The second-order valence-corrected chi connectivity index (χ2v) is 5.61. The summed E-state index contributed by atoms with van der Waals surface area (Å²) in [5.74, 6) is 4.08. The lowest BCUT2D eigenvalue weighted by Gasteiger charge is -1.98. The lowest BCUT2D eigenvalue weighted by Crippen LogP contribution is -1.86. The minimum absolute atomic E-state index is 0.263. The third kappa shape index (κ3) is 4.05. The molecule has 0 fully saturated rings. The number of rotatable bonds is 3. The van der Waals surface area contributed by atoms with Gasteiger partial charge in [0.05, 0.1) is 10.0 Å². The molecule has 0 aliphatic heterocycles. The highest BCUT2D eigenvalue weighted by molar-refractivity contribution is 7.78. The average molecular weight is 319 g/mol. The molecule has 2 aromatic rings. The van der Waals surface area contributed by atoms with Gasteiger partial charge in [-0.25, -0.2) is 8.78 Å². The monoisotopic (exact) mass is 319 g/mol. The van der Waals surface area contributed by atoms with Crippen LogP contribution in [0, 0.1) is 23.5 Å². The molecule has 5 heteroatoms. The van der Waals surface area contributed by atoms with Gasteiger partial charge in [-0.1, -0.05) is 25.2 Å². The molecule has 1 heterocycles. The highest BCUT2D eigenvalue weighted by atomic mass is 32.1. The van der Waals surface area contributed by atoms with Crippen LogP contribution in [0.2, 0.25) is 0 Å². The number of nitrogens with zero attached hydrogens (tertiary/aromatic N) is 1. The first-order valence-corrected chi connectivity index (χ1v) is 7.54. The van der Waals surface area contributed by atoms with Crippen molar-refractivity contribution in [2.75, 3.05) is 0 Å². The molecule has 106 valence electrons. The summed E-state index contributed by atoms with van der Waals surface area (Å²) >= 11 is 5.94. The Bertz CT molecular complexity index is 739. The summed E-state index contributed by atoms with van der Waals surface area (Å²) in [6.07, 6.45) is 2.09. The Morgan fingerprint density at radius 3 is 2.52 bits per heavy atom. The van der Waals surface area contributed by atoms with Crippen LogP contribution >= 0.6 is 23.6 Å². The van der Waals surface area contributed by atoms with Gasteiger partial charge in [0.25, 0.3) is 0 Å². The van der Waals surface area contributed by atoms with Crippen LogP contribution in [0.5, 0.6) is 0 Å². The van der Waals surface area contributed by atoms with Gasteiger partial charge in [0.15, 0.2) is 11.6 Å². The topological polar surface area (TPSA) is 12.4 Å². The molecule has 0 aliphatic rings. The summed E-state index contributed by atoms with van der Waals surface area (Å²) in [7, 11) is 0. The van der Waals surface area contributed by atoms with Crippen LogP contribution < -0.4 is 0 Å². The molecule has 0 saturated heterocycles. The Balaban J connectivity index is 2.28. The van der Waals surface area contributed by atoms with Crippen molar-refractivity contribution < 1.29 is 8.78 Å². The molecule has 0 amide bonds. The Kier molecular flexibility index (Phi) is 5.35. The Labute approximate surface area is 131 Å². The SMILES string of the molecule is CCCc1ccc(C#Cc2cc(F)c(N=C=S)c(F)c2)s1. The van der Waals surface area contributed by atoms with E-state index in [2.05, 4.69) is 36.0 Å². The van der Waals surface area contributed by atoms with Gasteiger partial charge >= 0.3 is 0 Å². The maximum atomic E-state index is 13.6. The van der Waals surface area contributed by atoms with Gasteiger partial charge in [-0.3, -0.25) is 0 Å². The van der Waals surface area contributed by atoms with Crippen LogP contribution in [0.3, 0.4) is 0 Å². The fraction of sp³-hybridized carbons (Fsp3) is 0.188. The summed E-state index contributed by atoms with van der Waals surface area (Å²) in [5, 5.41) is 1.95. The number of isothiocyanates is 1. The van der Waals surface area contributed by atoms with Crippen LogP contribution in [0.4, 0.5) is 14.5 Å².